The van der Waals surface area contributed by atoms with E-state index < -0.39 is 0 Å². The first-order valence-corrected chi connectivity index (χ1v) is 7.23. The molecule has 1 saturated heterocycles. The molecule has 0 spiro atoms. The van der Waals surface area contributed by atoms with Crippen LogP contribution in [0.25, 0.3) is 0 Å². The molecule has 1 aliphatic heterocycles. The third-order valence-electron chi connectivity index (χ3n) is 3.98. The van der Waals surface area contributed by atoms with Gasteiger partial charge in [-0.25, -0.2) is 4.39 Å². The van der Waals surface area contributed by atoms with Crippen molar-refractivity contribution in [2.45, 2.75) is 45.2 Å². The third kappa shape index (κ3) is 4.59. The number of rotatable bonds is 5. The van der Waals surface area contributed by atoms with Crippen LogP contribution in [0.1, 0.15) is 32.3 Å². The lowest BCUT2D eigenvalue weighted by molar-refractivity contribution is 0.0547. The summed E-state index contributed by atoms with van der Waals surface area (Å²) in [6, 6.07) is 7.72. The zero-order chi connectivity index (χ0) is 13.7. The van der Waals surface area contributed by atoms with Crippen molar-refractivity contribution >= 4 is 0 Å². The van der Waals surface area contributed by atoms with Crippen LogP contribution in [0.15, 0.2) is 24.3 Å². The van der Waals surface area contributed by atoms with Gasteiger partial charge in [-0.3, -0.25) is 0 Å². The maximum absolute atomic E-state index is 12.8. The first-order chi connectivity index (χ1) is 9.15. The number of hydrogen-bond donors (Lipinski definition) is 1. The van der Waals surface area contributed by atoms with E-state index in [0.29, 0.717) is 18.0 Å². The predicted molar refractivity (Wildman–Crippen MR) is 75.7 cm³/mol. The SMILES string of the molecule is CC(Cc1ccc(F)cc1)NC(C)C1CCOCC1. The molecule has 1 heterocycles. The number of nitrogens with one attached hydrogen (secondary N) is 1. The van der Waals surface area contributed by atoms with Crippen LogP contribution in [0.5, 0.6) is 0 Å². The lowest BCUT2D eigenvalue weighted by Gasteiger charge is -2.30. The van der Waals surface area contributed by atoms with Gasteiger partial charge in [0.05, 0.1) is 0 Å². The highest BCUT2D eigenvalue weighted by Gasteiger charge is 2.21. The molecule has 0 bridgehead atoms. The van der Waals surface area contributed by atoms with Crippen molar-refractivity contribution in [1.29, 1.82) is 0 Å². The summed E-state index contributed by atoms with van der Waals surface area (Å²) in [6.07, 6.45) is 3.24. The Morgan fingerprint density at radius 1 is 1.21 bits per heavy atom. The highest BCUT2D eigenvalue weighted by molar-refractivity contribution is 5.17. The molecule has 1 aromatic carbocycles. The minimum atomic E-state index is -0.167. The van der Waals surface area contributed by atoms with Gasteiger partial charge < -0.3 is 10.1 Å². The maximum atomic E-state index is 12.8. The molecule has 0 aliphatic carbocycles. The number of ether oxygens (including phenoxy) is 1. The monoisotopic (exact) mass is 265 g/mol. The van der Waals surface area contributed by atoms with E-state index >= 15 is 0 Å². The molecule has 0 aromatic heterocycles. The highest BCUT2D eigenvalue weighted by atomic mass is 19.1. The van der Waals surface area contributed by atoms with Crippen molar-refractivity contribution < 1.29 is 9.13 Å². The van der Waals surface area contributed by atoms with Gasteiger partial charge in [-0.1, -0.05) is 12.1 Å². The summed E-state index contributed by atoms with van der Waals surface area (Å²) in [4.78, 5) is 0. The third-order valence-corrected chi connectivity index (χ3v) is 3.98. The van der Waals surface area contributed by atoms with E-state index in [1.807, 2.05) is 12.1 Å². The smallest absolute Gasteiger partial charge is 0.123 e. The molecule has 3 heteroatoms. The van der Waals surface area contributed by atoms with Crippen molar-refractivity contribution in [2.24, 2.45) is 5.92 Å². The van der Waals surface area contributed by atoms with E-state index in [4.69, 9.17) is 4.74 Å². The molecule has 1 N–H and O–H groups in total. The predicted octanol–water partition coefficient (Wildman–Crippen LogP) is 3.16. The fourth-order valence-electron chi connectivity index (χ4n) is 2.83. The molecular formula is C16H24FNO. The Hall–Kier alpha value is -0.930. The van der Waals surface area contributed by atoms with Crippen LogP contribution in [0, 0.1) is 11.7 Å². The molecular weight excluding hydrogens is 241 g/mol. The van der Waals surface area contributed by atoms with Gasteiger partial charge in [-0.05, 0) is 56.7 Å². The summed E-state index contributed by atoms with van der Waals surface area (Å²) < 4.78 is 18.2. The lowest BCUT2D eigenvalue weighted by Crippen LogP contribution is -2.42. The number of halogens is 1. The van der Waals surface area contributed by atoms with Gasteiger partial charge >= 0.3 is 0 Å². The second kappa shape index (κ2) is 7.01. The zero-order valence-electron chi connectivity index (χ0n) is 11.9. The van der Waals surface area contributed by atoms with Crippen molar-refractivity contribution in [3.8, 4) is 0 Å². The van der Waals surface area contributed by atoms with Crippen molar-refractivity contribution in [3.63, 3.8) is 0 Å². The minimum absolute atomic E-state index is 0.167. The number of hydrogen-bond acceptors (Lipinski definition) is 2. The summed E-state index contributed by atoms with van der Waals surface area (Å²) in [5, 5.41) is 3.66. The quantitative estimate of drug-likeness (QED) is 0.883. The largest absolute Gasteiger partial charge is 0.381 e. The molecule has 19 heavy (non-hydrogen) atoms. The van der Waals surface area contributed by atoms with Gasteiger partial charge in [-0.2, -0.15) is 0 Å². The Labute approximate surface area is 115 Å². The summed E-state index contributed by atoms with van der Waals surface area (Å²) in [7, 11) is 0. The average Bonchev–Trinajstić information content (AvgIpc) is 2.42. The first-order valence-electron chi connectivity index (χ1n) is 7.23. The number of benzene rings is 1. The van der Waals surface area contributed by atoms with Gasteiger partial charge in [0.15, 0.2) is 0 Å². The van der Waals surface area contributed by atoms with E-state index in [1.165, 1.54) is 17.7 Å². The fourth-order valence-corrected chi connectivity index (χ4v) is 2.83. The van der Waals surface area contributed by atoms with Gasteiger partial charge in [0.2, 0.25) is 0 Å². The molecule has 106 valence electrons. The maximum Gasteiger partial charge on any atom is 0.123 e. The van der Waals surface area contributed by atoms with Crippen LogP contribution in [0.3, 0.4) is 0 Å². The topological polar surface area (TPSA) is 21.3 Å². The zero-order valence-corrected chi connectivity index (χ0v) is 11.9. The van der Waals surface area contributed by atoms with Crippen LogP contribution in [0.2, 0.25) is 0 Å². The molecule has 2 nitrogen and oxygen atoms in total. The fraction of sp³-hybridized carbons (Fsp3) is 0.625. The molecule has 0 amide bonds. The van der Waals surface area contributed by atoms with Gasteiger partial charge in [0, 0.05) is 25.3 Å². The Bertz CT molecular complexity index is 373. The van der Waals surface area contributed by atoms with E-state index in [2.05, 4.69) is 19.2 Å². The lowest BCUT2D eigenvalue weighted by atomic mass is 9.92. The van der Waals surface area contributed by atoms with E-state index in [1.54, 1.807) is 0 Å². The summed E-state index contributed by atoms with van der Waals surface area (Å²) in [6.45, 7) is 6.24. The summed E-state index contributed by atoms with van der Waals surface area (Å²) in [5.74, 6) is 0.546. The van der Waals surface area contributed by atoms with E-state index in [9.17, 15) is 4.39 Å². The van der Waals surface area contributed by atoms with Gasteiger partial charge in [0.1, 0.15) is 5.82 Å². The molecule has 2 atom stereocenters. The van der Waals surface area contributed by atoms with Gasteiger partial charge in [0.25, 0.3) is 0 Å². The van der Waals surface area contributed by atoms with E-state index in [0.717, 1.165) is 32.5 Å². The molecule has 1 fully saturated rings. The molecule has 1 aliphatic rings. The molecule has 2 unspecified atom stereocenters. The molecule has 0 radical (unpaired) electrons. The second-order valence-electron chi connectivity index (χ2n) is 5.64. The Kier molecular flexibility index (Phi) is 5.34. The highest BCUT2D eigenvalue weighted by Crippen LogP contribution is 2.19. The molecule has 1 aromatic rings. The van der Waals surface area contributed by atoms with Crippen LogP contribution < -0.4 is 5.32 Å². The van der Waals surface area contributed by atoms with Crippen LogP contribution in [0.4, 0.5) is 4.39 Å². The Morgan fingerprint density at radius 3 is 2.47 bits per heavy atom. The van der Waals surface area contributed by atoms with Crippen LogP contribution in [-0.2, 0) is 11.2 Å². The molecule has 2 rings (SSSR count). The van der Waals surface area contributed by atoms with E-state index in [-0.39, 0.29) is 5.82 Å². The Balaban J connectivity index is 1.79. The van der Waals surface area contributed by atoms with Crippen molar-refractivity contribution in [1.82, 2.24) is 5.32 Å². The van der Waals surface area contributed by atoms with Crippen LogP contribution >= 0.6 is 0 Å². The second-order valence-corrected chi connectivity index (χ2v) is 5.64. The average molecular weight is 265 g/mol. The Morgan fingerprint density at radius 2 is 1.84 bits per heavy atom. The van der Waals surface area contributed by atoms with Crippen molar-refractivity contribution in [3.05, 3.63) is 35.6 Å². The summed E-state index contributed by atoms with van der Waals surface area (Å²) in [5.41, 5.74) is 1.18. The van der Waals surface area contributed by atoms with Gasteiger partial charge in [-0.15, -0.1) is 0 Å². The standard InChI is InChI=1S/C16H24FNO/c1-12(11-14-3-5-16(17)6-4-14)18-13(2)15-7-9-19-10-8-15/h3-6,12-13,15,18H,7-11H2,1-2H3. The first kappa shape index (κ1) is 14.5. The summed E-state index contributed by atoms with van der Waals surface area (Å²) >= 11 is 0. The molecule has 0 saturated carbocycles. The minimum Gasteiger partial charge on any atom is -0.381 e. The van der Waals surface area contributed by atoms with Crippen molar-refractivity contribution in [2.75, 3.05) is 13.2 Å². The van der Waals surface area contributed by atoms with Crippen LogP contribution in [-0.4, -0.2) is 25.3 Å². The normalized spacial score (nSPS) is 20.2.